The minimum atomic E-state index is -0.473. The number of carbonyl (C=O) groups excluding carboxylic acids is 2. The van der Waals surface area contributed by atoms with E-state index < -0.39 is 10.8 Å². The zero-order chi connectivity index (χ0) is 18.9. The van der Waals surface area contributed by atoms with Crippen LogP contribution in [0.15, 0.2) is 6.07 Å². The van der Waals surface area contributed by atoms with Crippen LogP contribution in [0.1, 0.15) is 39.1 Å². The summed E-state index contributed by atoms with van der Waals surface area (Å²) < 4.78 is 1.57. The van der Waals surface area contributed by atoms with Gasteiger partial charge in [-0.3, -0.25) is 19.2 Å². The van der Waals surface area contributed by atoms with Gasteiger partial charge in [0.1, 0.15) is 6.04 Å². The second-order valence-corrected chi connectivity index (χ2v) is 9.69. The topological polar surface area (TPSA) is 79.3 Å². The van der Waals surface area contributed by atoms with Crippen molar-refractivity contribution in [3.05, 3.63) is 17.5 Å². The molecule has 1 saturated heterocycles. The third kappa shape index (κ3) is 4.40. The molecule has 1 aromatic rings. The van der Waals surface area contributed by atoms with Crippen LogP contribution in [0.2, 0.25) is 0 Å². The van der Waals surface area contributed by atoms with Crippen LogP contribution in [-0.2, 0) is 29.2 Å². The summed E-state index contributed by atoms with van der Waals surface area (Å²) in [5.41, 5.74) is 2.07. The molecule has 1 fully saturated rings. The third-order valence-electron chi connectivity index (χ3n) is 4.77. The minimum Gasteiger partial charge on any atom is -0.349 e. The largest absolute Gasteiger partial charge is 0.349 e. The van der Waals surface area contributed by atoms with Crippen LogP contribution in [0, 0.1) is 5.92 Å². The lowest BCUT2D eigenvalue weighted by Gasteiger charge is -2.32. The lowest BCUT2D eigenvalue weighted by Crippen LogP contribution is -2.57. The summed E-state index contributed by atoms with van der Waals surface area (Å²) in [7, 11) is 0. The van der Waals surface area contributed by atoms with Crippen LogP contribution in [0.5, 0.6) is 0 Å². The molecule has 2 N–H and O–H groups in total. The summed E-state index contributed by atoms with van der Waals surface area (Å²) in [6.45, 7) is 12.5. The summed E-state index contributed by atoms with van der Waals surface area (Å²) in [4.78, 5) is 26.8. The monoisotopic (exact) mass is 379 g/mol. The van der Waals surface area contributed by atoms with Gasteiger partial charge in [0, 0.05) is 25.4 Å². The molecule has 7 nitrogen and oxygen atoms in total. The lowest BCUT2D eigenvalue weighted by molar-refractivity contribution is -0.129. The maximum absolute atomic E-state index is 12.4. The van der Waals surface area contributed by atoms with Gasteiger partial charge >= 0.3 is 0 Å². The Kier molecular flexibility index (Phi) is 5.62. The van der Waals surface area contributed by atoms with E-state index in [0.29, 0.717) is 18.2 Å². The predicted octanol–water partition coefficient (Wildman–Crippen LogP) is 0.981. The van der Waals surface area contributed by atoms with Crippen molar-refractivity contribution >= 4 is 23.6 Å². The molecule has 2 amide bonds. The number of nitrogens with zero attached hydrogens (tertiary/aromatic N) is 3. The molecule has 1 aromatic heterocycles. The molecule has 2 aliphatic heterocycles. The molecular weight excluding hydrogens is 350 g/mol. The molecule has 0 unspecified atom stereocenters. The number of rotatable bonds is 5. The van der Waals surface area contributed by atoms with Gasteiger partial charge in [-0.05, 0) is 25.8 Å². The summed E-state index contributed by atoms with van der Waals surface area (Å²) in [6, 6.07) is 1.60. The van der Waals surface area contributed by atoms with E-state index in [-0.39, 0.29) is 11.8 Å². The number of fused-ring (bicyclic) bond motifs is 1. The maximum atomic E-state index is 12.4. The van der Waals surface area contributed by atoms with E-state index >= 15 is 0 Å². The molecule has 0 saturated carbocycles. The summed E-state index contributed by atoms with van der Waals surface area (Å²) in [6.07, 6.45) is 0. The standard InChI is InChI=1S/C18H29N5O2S/c1-12(2)9-22-5-6-23-14(10-22)7-13(21-23)8-19-16(24)15-11-26-18(3,4)17(25)20-15/h7,12,15H,5-6,8-11H2,1-4H3,(H,19,24)(H,20,25)/t15-/m1/s1. The number of amides is 2. The number of hydrogen-bond donors (Lipinski definition) is 2. The molecule has 0 aliphatic carbocycles. The van der Waals surface area contributed by atoms with Crippen molar-refractivity contribution in [3.63, 3.8) is 0 Å². The fourth-order valence-electron chi connectivity index (χ4n) is 3.31. The van der Waals surface area contributed by atoms with Gasteiger partial charge in [-0.1, -0.05) is 13.8 Å². The first-order valence-electron chi connectivity index (χ1n) is 9.25. The average Bonchev–Trinajstić information content (AvgIpc) is 2.96. The first-order valence-corrected chi connectivity index (χ1v) is 10.2. The lowest BCUT2D eigenvalue weighted by atomic mass is 10.1. The van der Waals surface area contributed by atoms with E-state index in [1.54, 1.807) is 0 Å². The summed E-state index contributed by atoms with van der Waals surface area (Å²) in [5.74, 6) is 1.01. The highest BCUT2D eigenvalue weighted by Crippen LogP contribution is 2.29. The third-order valence-corrected chi connectivity index (χ3v) is 6.18. The molecule has 0 radical (unpaired) electrons. The van der Waals surface area contributed by atoms with E-state index in [4.69, 9.17) is 0 Å². The van der Waals surface area contributed by atoms with E-state index in [1.807, 2.05) is 18.5 Å². The summed E-state index contributed by atoms with van der Waals surface area (Å²) in [5, 5.41) is 10.3. The van der Waals surface area contributed by atoms with Gasteiger partial charge in [-0.2, -0.15) is 5.10 Å². The molecule has 3 rings (SSSR count). The van der Waals surface area contributed by atoms with Crippen molar-refractivity contribution in [1.29, 1.82) is 0 Å². The van der Waals surface area contributed by atoms with E-state index in [9.17, 15) is 9.59 Å². The Morgan fingerprint density at radius 3 is 2.92 bits per heavy atom. The zero-order valence-corrected chi connectivity index (χ0v) is 16.9. The highest BCUT2D eigenvalue weighted by atomic mass is 32.2. The van der Waals surface area contributed by atoms with Gasteiger partial charge in [0.15, 0.2) is 0 Å². The van der Waals surface area contributed by atoms with Crippen LogP contribution in [0.3, 0.4) is 0 Å². The molecule has 8 heteroatoms. The molecule has 26 heavy (non-hydrogen) atoms. The SMILES string of the molecule is CC(C)CN1CCn2nc(CNC(=O)[C@H]3CSC(C)(C)C(=O)N3)cc2C1. The highest BCUT2D eigenvalue weighted by molar-refractivity contribution is 8.01. The van der Waals surface area contributed by atoms with Gasteiger partial charge in [0.25, 0.3) is 0 Å². The van der Waals surface area contributed by atoms with Gasteiger partial charge < -0.3 is 10.6 Å². The van der Waals surface area contributed by atoms with E-state index in [1.165, 1.54) is 17.5 Å². The Bertz CT molecular complexity index is 685. The van der Waals surface area contributed by atoms with Gasteiger partial charge in [0.2, 0.25) is 11.8 Å². The molecule has 0 spiro atoms. The van der Waals surface area contributed by atoms with E-state index in [0.717, 1.165) is 31.9 Å². The van der Waals surface area contributed by atoms with Gasteiger partial charge in [0.05, 0.1) is 29.2 Å². The van der Waals surface area contributed by atoms with Crippen molar-refractivity contribution in [2.75, 3.05) is 18.8 Å². The first kappa shape index (κ1) is 19.2. The van der Waals surface area contributed by atoms with Crippen molar-refractivity contribution in [2.24, 2.45) is 5.92 Å². The Balaban J connectivity index is 1.52. The molecule has 0 bridgehead atoms. The first-order chi connectivity index (χ1) is 12.2. The predicted molar refractivity (Wildman–Crippen MR) is 103 cm³/mol. The maximum Gasteiger partial charge on any atom is 0.243 e. The van der Waals surface area contributed by atoms with Crippen LogP contribution in [-0.4, -0.2) is 56.1 Å². The number of thioether (sulfide) groups is 1. The smallest absolute Gasteiger partial charge is 0.243 e. The number of hydrogen-bond acceptors (Lipinski definition) is 5. The van der Waals surface area contributed by atoms with Crippen LogP contribution in [0.4, 0.5) is 0 Å². The Morgan fingerprint density at radius 1 is 1.46 bits per heavy atom. The number of carbonyl (C=O) groups is 2. The Labute approximate surface area is 159 Å². The molecule has 3 heterocycles. The molecule has 0 aromatic carbocycles. The quantitative estimate of drug-likeness (QED) is 0.797. The minimum absolute atomic E-state index is 0.0865. The average molecular weight is 380 g/mol. The molecular formula is C18H29N5O2S. The van der Waals surface area contributed by atoms with Crippen molar-refractivity contribution in [1.82, 2.24) is 25.3 Å². The normalized spacial score (nSPS) is 22.8. The van der Waals surface area contributed by atoms with Gasteiger partial charge in [-0.15, -0.1) is 11.8 Å². The second-order valence-electron chi connectivity index (χ2n) is 8.04. The molecule has 2 aliphatic rings. The molecule has 1 atom stereocenters. The fraction of sp³-hybridized carbons (Fsp3) is 0.722. The Hall–Kier alpha value is -1.54. The highest BCUT2D eigenvalue weighted by Gasteiger charge is 2.37. The molecule has 144 valence electrons. The number of nitrogens with one attached hydrogen (secondary N) is 2. The van der Waals surface area contributed by atoms with Crippen molar-refractivity contribution < 1.29 is 9.59 Å². The van der Waals surface area contributed by atoms with Crippen molar-refractivity contribution in [2.45, 2.75) is 58.1 Å². The van der Waals surface area contributed by atoms with Crippen LogP contribution in [0.25, 0.3) is 0 Å². The zero-order valence-electron chi connectivity index (χ0n) is 16.0. The van der Waals surface area contributed by atoms with Crippen LogP contribution < -0.4 is 10.6 Å². The Morgan fingerprint density at radius 2 is 2.23 bits per heavy atom. The van der Waals surface area contributed by atoms with E-state index in [2.05, 4.69) is 40.5 Å². The number of aromatic nitrogens is 2. The summed E-state index contributed by atoms with van der Waals surface area (Å²) >= 11 is 1.52. The van der Waals surface area contributed by atoms with Crippen molar-refractivity contribution in [3.8, 4) is 0 Å². The van der Waals surface area contributed by atoms with Crippen LogP contribution >= 0.6 is 11.8 Å². The van der Waals surface area contributed by atoms with Gasteiger partial charge in [-0.25, -0.2) is 0 Å². The second kappa shape index (κ2) is 7.60. The fourth-order valence-corrected chi connectivity index (χ4v) is 4.32.